The monoisotopic (exact) mass is 227 g/mol. The molecular weight excluding hydrogens is 220 g/mol. The number of hydrogen-bond donors (Lipinski definition) is 1. The summed E-state index contributed by atoms with van der Waals surface area (Å²) in [4.78, 5) is 22.8. The third-order valence-corrected chi connectivity index (χ3v) is 2.43. The van der Waals surface area contributed by atoms with Crippen LogP contribution in [0.3, 0.4) is 0 Å². The van der Waals surface area contributed by atoms with E-state index < -0.39 is 29.4 Å². The van der Waals surface area contributed by atoms with Crippen LogP contribution in [0.1, 0.15) is 0 Å². The molecule has 0 aromatic heterocycles. The normalized spacial score (nSPS) is 19.5. The standard InChI is InChI=1S/C10H7F2NO3/c11-5-1-2-8(7(12)3-5)13-4-6(9(13)14)10(15)16/h1-3,6H,4H2,(H,15,16). The summed E-state index contributed by atoms with van der Waals surface area (Å²) in [5.41, 5.74) is -0.0936. The van der Waals surface area contributed by atoms with Crippen molar-refractivity contribution in [3.05, 3.63) is 29.8 Å². The predicted molar refractivity (Wildman–Crippen MR) is 49.8 cm³/mol. The smallest absolute Gasteiger partial charge is 0.317 e. The van der Waals surface area contributed by atoms with Gasteiger partial charge in [0.05, 0.1) is 5.69 Å². The molecular formula is C10H7F2NO3. The Balaban J connectivity index is 2.22. The Morgan fingerprint density at radius 1 is 1.44 bits per heavy atom. The zero-order chi connectivity index (χ0) is 11.9. The highest BCUT2D eigenvalue weighted by atomic mass is 19.1. The highest BCUT2D eigenvalue weighted by Crippen LogP contribution is 2.28. The van der Waals surface area contributed by atoms with E-state index in [1.54, 1.807) is 0 Å². The number of nitrogens with zero attached hydrogens (tertiary/aromatic N) is 1. The van der Waals surface area contributed by atoms with Crippen molar-refractivity contribution in [2.24, 2.45) is 5.92 Å². The zero-order valence-corrected chi connectivity index (χ0v) is 7.98. The Bertz CT molecular complexity index is 475. The molecule has 16 heavy (non-hydrogen) atoms. The van der Waals surface area contributed by atoms with E-state index in [1.165, 1.54) is 0 Å². The largest absolute Gasteiger partial charge is 0.481 e. The number of halogens is 2. The molecule has 1 unspecified atom stereocenters. The van der Waals surface area contributed by atoms with Crippen molar-refractivity contribution < 1.29 is 23.5 Å². The van der Waals surface area contributed by atoms with Crippen molar-refractivity contribution in [2.75, 3.05) is 11.4 Å². The average molecular weight is 227 g/mol. The van der Waals surface area contributed by atoms with Crippen LogP contribution >= 0.6 is 0 Å². The first kappa shape index (κ1) is 10.5. The maximum Gasteiger partial charge on any atom is 0.317 e. The minimum Gasteiger partial charge on any atom is -0.481 e. The second-order valence-corrected chi connectivity index (χ2v) is 3.44. The van der Waals surface area contributed by atoms with Crippen LogP contribution in [-0.4, -0.2) is 23.5 Å². The van der Waals surface area contributed by atoms with Crippen LogP contribution in [0.25, 0.3) is 0 Å². The first-order chi connectivity index (χ1) is 7.50. The van der Waals surface area contributed by atoms with E-state index in [0.29, 0.717) is 6.07 Å². The summed E-state index contributed by atoms with van der Waals surface area (Å²) in [6.45, 7) is -0.0866. The van der Waals surface area contributed by atoms with Crippen molar-refractivity contribution in [3.8, 4) is 0 Å². The number of anilines is 1. The lowest BCUT2D eigenvalue weighted by Gasteiger charge is -2.35. The number of benzene rings is 1. The van der Waals surface area contributed by atoms with Gasteiger partial charge in [0.2, 0.25) is 5.91 Å². The van der Waals surface area contributed by atoms with Gasteiger partial charge in [0, 0.05) is 12.6 Å². The van der Waals surface area contributed by atoms with Gasteiger partial charge in [0.15, 0.2) is 5.92 Å². The number of amides is 1. The van der Waals surface area contributed by atoms with E-state index in [2.05, 4.69) is 0 Å². The van der Waals surface area contributed by atoms with Gasteiger partial charge in [0.25, 0.3) is 0 Å². The van der Waals surface area contributed by atoms with Crippen LogP contribution in [-0.2, 0) is 9.59 Å². The number of aliphatic carboxylic acids is 1. The van der Waals surface area contributed by atoms with E-state index >= 15 is 0 Å². The van der Waals surface area contributed by atoms with Crippen LogP contribution in [0.4, 0.5) is 14.5 Å². The van der Waals surface area contributed by atoms with Gasteiger partial charge in [0.1, 0.15) is 11.6 Å². The SMILES string of the molecule is O=C(O)C1CN(c2ccc(F)cc2F)C1=O. The summed E-state index contributed by atoms with van der Waals surface area (Å²) >= 11 is 0. The van der Waals surface area contributed by atoms with Crippen molar-refractivity contribution in [3.63, 3.8) is 0 Å². The van der Waals surface area contributed by atoms with Crippen molar-refractivity contribution in [1.82, 2.24) is 0 Å². The molecule has 2 rings (SSSR count). The lowest BCUT2D eigenvalue weighted by Crippen LogP contribution is -2.56. The maximum atomic E-state index is 13.2. The summed E-state index contributed by atoms with van der Waals surface area (Å²) in [5.74, 6) is -4.66. The van der Waals surface area contributed by atoms with Crippen LogP contribution in [0.2, 0.25) is 0 Å². The molecule has 6 heteroatoms. The number of carbonyl (C=O) groups is 2. The molecule has 1 heterocycles. The molecule has 1 aromatic rings. The number of carbonyl (C=O) groups excluding carboxylic acids is 1. The lowest BCUT2D eigenvalue weighted by atomic mass is 9.98. The van der Waals surface area contributed by atoms with Crippen molar-refractivity contribution in [2.45, 2.75) is 0 Å². The molecule has 0 bridgehead atoms. The average Bonchev–Trinajstić information content (AvgIpc) is 2.18. The Hall–Kier alpha value is -1.98. The second-order valence-electron chi connectivity index (χ2n) is 3.44. The fraction of sp³-hybridized carbons (Fsp3) is 0.200. The number of carboxylic acids is 1. The van der Waals surface area contributed by atoms with Crippen LogP contribution < -0.4 is 4.90 Å². The Morgan fingerprint density at radius 2 is 2.12 bits per heavy atom. The third kappa shape index (κ3) is 1.52. The molecule has 0 spiro atoms. The van der Waals surface area contributed by atoms with Crippen LogP contribution in [0.15, 0.2) is 18.2 Å². The maximum absolute atomic E-state index is 13.2. The van der Waals surface area contributed by atoms with Gasteiger partial charge < -0.3 is 10.0 Å². The highest BCUT2D eigenvalue weighted by molar-refractivity contribution is 6.12. The van der Waals surface area contributed by atoms with Gasteiger partial charge >= 0.3 is 5.97 Å². The molecule has 0 aliphatic carbocycles. The second kappa shape index (κ2) is 3.55. The van der Waals surface area contributed by atoms with E-state index in [4.69, 9.17) is 5.11 Å². The number of rotatable bonds is 2. The molecule has 0 radical (unpaired) electrons. The Morgan fingerprint density at radius 3 is 2.62 bits per heavy atom. The fourth-order valence-electron chi connectivity index (χ4n) is 1.53. The van der Waals surface area contributed by atoms with Gasteiger partial charge in [-0.1, -0.05) is 0 Å². The molecule has 1 aliphatic rings. The Kier molecular flexibility index (Phi) is 2.34. The van der Waals surface area contributed by atoms with Gasteiger partial charge in [-0.2, -0.15) is 0 Å². The molecule has 0 saturated carbocycles. The number of hydrogen-bond acceptors (Lipinski definition) is 2. The summed E-state index contributed by atoms with van der Waals surface area (Å²) in [5, 5.41) is 8.58. The predicted octanol–water partition coefficient (Wildman–Crippen LogP) is 1.01. The molecule has 1 fully saturated rings. The topological polar surface area (TPSA) is 57.6 Å². The fourth-order valence-corrected chi connectivity index (χ4v) is 1.53. The highest BCUT2D eigenvalue weighted by Gasteiger charge is 2.43. The molecule has 1 aromatic carbocycles. The van der Waals surface area contributed by atoms with Crippen molar-refractivity contribution >= 4 is 17.6 Å². The zero-order valence-electron chi connectivity index (χ0n) is 7.98. The molecule has 1 N–H and O–H groups in total. The van der Waals surface area contributed by atoms with Gasteiger partial charge in [-0.05, 0) is 12.1 Å². The first-order valence-electron chi connectivity index (χ1n) is 4.50. The van der Waals surface area contributed by atoms with Crippen molar-refractivity contribution in [1.29, 1.82) is 0 Å². The quantitative estimate of drug-likeness (QED) is 0.606. The van der Waals surface area contributed by atoms with Crippen LogP contribution in [0, 0.1) is 17.6 Å². The summed E-state index contributed by atoms with van der Waals surface area (Å²) in [7, 11) is 0. The molecule has 84 valence electrons. The summed E-state index contributed by atoms with van der Waals surface area (Å²) in [6.07, 6.45) is 0. The van der Waals surface area contributed by atoms with E-state index in [-0.39, 0.29) is 12.2 Å². The molecule has 4 nitrogen and oxygen atoms in total. The Labute approximate surface area is 89.1 Å². The van der Waals surface area contributed by atoms with E-state index in [9.17, 15) is 18.4 Å². The van der Waals surface area contributed by atoms with Gasteiger partial charge in [-0.25, -0.2) is 8.78 Å². The summed E-state index contributed by atoms with van der Waals surface area (Å²) in [6, 6.07) is 2.77. The van der Waals surface area contributed by atoms with Gasteiger partial charge in [-0.3, -0.25) is 9.59 Å². The lowest BCUT2D eigenvalue weighted by molar-refractivity contribution is -0.149. The van der Waals surface area contributed by atoms with E-state index in [0.717, 1.165) is 17.0 Å². The number of β-lactam (4-membered cyclic amide) rings is 1. The van der Waals surface area contributed by atoms with Gasteiger partial charge in [-0.15, -0.1) is 0 Å². The molecule has 1 amide bonds. The minimum absolute atomic E-state index is 0.0866. The minimum atomic E-state index is -1.23. The van der Waals surface area contributed by atoms with E-state index in [1.807, 2.05) is 0 Å². The molecule has 1 saturated heterocycles. The number of carboxylic acid groups (broad SMARTS) is 1. The molecule has 1 atom stereocenters. The summed E-state index contributed by atoms with van der Waals surface area (Å²) < 4.78 is 25.8. The van der Waals surface area contributed by atoms with Crippen LogP contribution in [0.5, 0.6) is 0 Å². The third-order valence-electron chi connectivity index (χ3n) is 2.43. The first-order valence-corrected chi connectivity index (χ1v) is 4.50. The molecule has 1 aliphatic heterocycles.